The predicted molar refractivity (Wildman–Crippen MR) is 105 cm³/mol. The van der Waals surface area contributed by atoms with Crippen molar-refractivity contribution in [3.63, 3.8) is 0 Å². The average molecular weight is 420 g/mol. The third-order valence-corrected chi connectivity index (χ3v) is 4.50. The molecule has 0 aliphatic rings. The van der Waals surface area contributed by atoms with E-state index in [1.807, 2.05) is 0 Å². The molecular formula is C20H24N2O8. The van der Waals surface area contributed by atoms with Crippen LogP contribution in [0.15, 0.2) is 42.5 Å². The lowest BCUT2D eigenvalue weighted by molar-refractivity contribution is -0.991. The van der Waals surface area contributed by atoms with E-state index < -0.39 is 23.3 Å². The van der Waals surface area contributed by atoms with Crippen molar-refractivity contribution in [2.45, 2.75) is 19.1 Å². The van der Waals surface area contributed by atoms with Crippen LogP contribution in [0, 0.1) is 5.21 Å². The number of nitrogens with zero attached hydrogens (tertiary/aromatic N) is 1. The lowest BCUT2D eigenvalue weighted by atomic mass is 10.1. The molecule has 0 aliphatic heterocycles. The van der Waals surface area contributed by atoms with Gasteiger partial charge in [-0.05, 0) is 11.6 Å². The van der Waals surface area contributed by atoms with Crippen molar-refractivity contribution in [3.05, 3.63) is 58.8 Å². The number of rotatable bonds is 9. The summed E-state index contributed by atoms with van der Waals surface area (Å²) in [6.07, 6.45) is -0.803. The first kappa shape index (κ1) is 22.9. The number of quaternary nitrogens is 1. The van der Waals surface area contributed by atoms with Gasteiger partial charge < -0.3 is 24.5 Å². The van der Waals surface area contributed by atoms with Crippen LogP contribution in [0.4, 0.5) is 10.5 Å². The fourth-order valence-corrected chi connectivity index (χ4v) is 2.84. The number of nitrogens with one attached hydrogen (secondary N) is 1. The summed E-state index contributed by atoms with van der Waals surface area (Å²) in [7, 11) is 4.08. The first-order valence-electron chi connectivity index (χ1n) is 8.93. The van der Waals surface area contributed by atoms with Gasteiger partial charge in [0, 0.05) is 19.5 Å². The summed E-state index contributed by atoms with van der Waals surface area (Å²) in [4.78, 5) is 25.1. The van der Waals surface area contributed by atoms with Gasteiger partial charge in [-0.15, -0.1) is 0 Å². The lowest BCUT2D eigenvalue weighted by Crippen LogP contribution is -2.99. The van der Waals surface area contributed by atoms with Gasteiger partial charge in [-0.1, -0.05) is 30.3 Å². The number of hydrogen-bond donors (Lipinski definition) is 3. The number of hydrogen-bond acceptors (Lipinski definition) is 7. The Hall–Kier alpha value is -3.34. The first-order valence-corrected chi connectivity index (χ1v) is 8.93. The Morgan fingerprint density at radius 2 is 1.73 bits per heavy atom. The molecule has 1 amide bonds. The van der Waals surface area contributed by atoms with E-state index in [0.29, 0.717) is 0 Å². The van der Waals surface area contributed by atoms with Gasteiger partial charge in [0.15, 0.2) is 17.2 Å². The summed E-state index contributed by atoms with van der Waals surface area (Å²) in [6, 6.07) is 10.4. The Kier molecular flexibility index (Phi) is 7.98. The molecule has 2 aromatic carbocycles. The van der Waals surface area contributed by atoms with E-state index in [-0.39, 0.29) is 35.8 Å². The summed E-state index contributed by atoms with van der Waals surface area (Å²) in [5, 5.41) is 29.3. The highest BCUT2D eigenvalue weighted by Crippen LogP contribution is 2.32. The number of likely N-dealkylation sites (N-methyl/N-ethyl adjacent to an activating group) is 1. The minimum atomic E-state index is -1.23. The van der Waals surface area contributed by atoms with E-state index in [4.69, 9.17) is 14.2 Å². The van der Waals surface area contributed by atoms with Crippen LogP contribution in [-0.4, -0.2) is 54.6 Å². The van der Waals surface area contributed by atoms with Gasteiger partial charge in [0.2, 0.25) is 0 Å². The molecular weight excluding hydrogens is 396 g/mol. The lowest BCUT2D eigenvalue weighted by Gasteiger charge is -2.25. The van der Waals surface area contributed by atoms with Crippen molar-refractivity contribution in [1.82, 2.24) is 4.90 Å². The van der Waals surface area contributed by atoms with Crippen molar-refractivity contribution >= 4 is 17.7 Å². The molecule has 0 heterocycles. The fraction of sp³-hybridized carbons (Fsp3) is 0.300. The summed E-state index contributed by atoms with van der Waals surface area (Å²) >= 11 is 0. The van der Waals surface area contributed by atoms with Gasteiger partial charge >= 0.3 is 12.1 Å². The molecule has 0 aromatic heterocycles. The third kappa shape index (κ3) is 5.60. The second kappa shape index (κ2) is 10.4. The molecule has 0 bridgehead atoms. The maximum atomic E-state index is 12.4. The number of benzene rings is 2. The Balaban J connectivity index is 2.15. The number of amides is 1. The molecule has 3 N–H and O–H groups in total. The van der Waals surface area contributed by atoms with Gasteiger partial charge in [0.25, 0.3) is 0 Å². The molecule has 0 saturated carbocycles. The monoisotopic (exact) mass is 420 g/mol. The standard InChI is InChI=1S/C20H24N2O8/c1-21(16(19(23)24)9-13-7-5-4-6-8-13)20(25)30-12-14-10-17(28-2)18(29-3)11-15(14)22(26)27/h4-8,10-11,16,22,26H,9,12H2,1-3H3,(H,23,24). The zero-order valence-electron chi connectivity index (χ0n) is 16.8. The molecule has 2 unspecified atom stereocenters. The predicted octanol–water partition coefficient (Wildman–Crippen LogP) is 1.37. The maximum absolute atomic E-state index is 12.4. The Morgan fingerprint density at radius 3 is 2.27 bits per heavy atom. The van der Waals surface area contributed by atoms with Crippen LogP contribution < -0.4 is 14.7 Å². The molecule has 0 fully saturated rings. The zero-order valence-corrected chi connectivity index (χ0v) is 16.8. The molecule has 0 aliphatic carbocycles. The van der Waals surface area contributed by atoms with Gasteiger partial charge in [-0.25, -0.2) is 14.8 Å². The van der Waals surface area contributed by atoms with E-state index in [1.165, 1.54) is 33.4 Å². The van der Waals surface area contributed by atoms with Crippen molar-refractivity contribution in [2.75, 3.05) is 21.3 Å². The third-order valence-electron chi connectivity index (χ3n) is 4.50. The number of carboxylic acid groups (broad SMARTS) is 1. The number of methoxy groups -OCH3 is 2. The van der Waals surface area contributed by atoms with E-state index in [9.17, 15) is 25.1 Å². The first-order chi connectivity index (χ1) is 14.3. The summed E-state index contributed by atoms with van der Waals surface area (Å²) in [5.74, 6) is -0.694. The SMILES string of the molecule is COc1cc(COC(=O)N(C)C(Cc2ccccc2)C(=O)O)c([NH+]([O-])O)cc1OC. The number of ether oxygens (including phenoxy) is 3. The summed E-state index contributed by atoms with van der Waals surface area (Å²) < 4.78 is 15.4. The second-order valence-corrected chi connectivity index (χ2v) is 6.38. The normalized spacial score (nSPS) is 12.6. The quantitative estimate of drug-likeness (QED) is 0.518. The smallest absolute Gasteiger partial charge is 0.410 e. The second-order valence-electron chi connectivity index (χ2n) is 6.38. The minimum absolute atomic E-state index is 0.0957. The Labute approximate surface area is 173 Å². The van der Waals surface area contributed by atoms with Crippen LogP contribution >= 0.6 is 0 Å². The molecule has 10 heteroatoms. The highest BCUT2D eigenvalue weighted by Gasteiger charge is 2.28. The summed E-state index contributed by atoms with van der Waals surface area (Å²) in [6.45, 7) is -0.386. The van der Waals surface area contributed by atoms with Gasteiger partial charge in [-0.2, -0.15) is 5.23 Å². The van der Waals surface area contributed by atoms with Crippen molar-refractivity contribution < 1.29 is 39.3 Å². The Bertz CT molecular complexity index is 873. The van der Waals surface area contributed by atoms with Crippen molar-refractivity contribution in [3.8, 4) is 11.5 Å². The van der Waals surface area contributed by atoms with Crippen LogP contribution in [-0.2, 0) is 22.6 Å². The minimum Gasteiger partial charge on any atom is -0.595 e. The van der Waals surface area contributed by atoms with Crippen molar-refractivity contribution in [1.29, 1.82) is 0 Å². The molecule has 2 rings (SSSR count). The maximum Gasteiger partial charge on any atom is 0.410 e. The largest absolute Gasteiger partial charge is 0.595 e. The molecule has 10 nitrogen and oxygen atoms in total. The number of carboxylic acids is 1. The molecule has 30 heavy (non-hydrogen) atoms. The highest BCUT2D eigenvalue weighted by molar-refractivity contribution is 5.80. The van der Waals surface area contributed by atoms with E-state index >= 15 is 0 Å². The number of aliphatic carboxylic acids is 1. The van der Waals surface area contributed by atoms with E-state index in [1.54, 1.807) is 30.3 Å². The molecule has 162 valence electrons. The van der Waals surface area contributed by atoms with E-state index in [2.05, 4.69) is 0 Å². The van der Waals surface area contributed by atoms with Gasteiger partial charge in [0.05, 0.1) is 19.8 Å². The van der Waals surface area contributed by atoms with Gasteiger partial charge in [0.1, 0.15) is 12.6 Å². The van der Waals surface area contributed by atoms with E-state index in [0.717, 1.165) is 10.5 Å². The Morgan fingerprint density at radius 1 is 1.13 bits per heavy atom. The molecule has 0 saturated heterocycles. The zero-order chi connectivity index (χ0) is 22.3. The van der Waals surface area contributed by atoms with Crippen LogP contribution in [0.5, 0.6) is 11.5 Å². The highest BCUT2D eigenvalue weighted by atomic mass is 16.8. The van der Waals surface area contributed by atoms with Crippen LogP contribution in [0.1, 0.15) is 11.1 Å². The van der Waals surface area contributed by atoms with Crippen LogP contribution in [0.25, 0.3) is 0 Å². The summed E-state index contributed by atoms with van der Waals surface area (Å²) in [5.41, 5.74) is 0.802. The molecule has 2 atom stereocenters. The average Bonchev–Trinajstić information content (AvgIpc) is 2.74. The van der Waals surface area contributed by atoms with Crippen molar-refractivity contribution in [2.24, 2.45) is 0 Å². The van der Waals surface area contributed by atoms with Gasteiger partial charge in [-0.3, -0.25) is 4.90 Å². The fourth-order valence-electron chi connectivity index (χ4n) is 2.84. The number of carbonyl (C=O) groups excluding carboxylic acids is 1. The number of carbonyl (C=O) groups is 2. The van der Waals surface area contributed by atoms with Crippen LogP contribution in [0.3, 0.4) is 0 Å². The molecule has 2 aromatic rings. The molecule has 0 radical (unpaired) electrons. The van der Waals surface area contributed by atoms with Crippen LogP contribution in [0.2, 0.25) is 0 Å². The molecule has 0 spiro atoms. The topological polar surface area (TPSA) is 133 Å².